The van der Waals surface area contributed by atoms with Crippen molar-refractivity contribution in [3.63, 3.8) is 0 Å². The number of rotatable bonds is 7. The van der Waals surface area contributed by atoms with Crippen molar-refractivity contribution < 1.29 is 14.3 Å². The maximum atomic E-state index is 12.6. The zero-order valence-electron chi connectivity index (χ0n) is 14.5. The first-order valence-electron chi connectivity index (χ1n) is 8.60. The summed E-state index contributed by atoms with van der Waals surface area (Å²) in [5.41, 5.74) is 1.17. The van der Waals surface area contributed by atoms with Crippen molar-refractivity contribution in [2.24, 2.45) is 0 Å². The van der Waals surface area contributed by atoms with Crippen LogP contribution in [-0.4, -0.2) is 25.0 Å². The molecule has 0 radical (unpaired) electrons. The van der Waals surface area contributed by atoms with Gasteiger partial charge in [-0.1, -0.05) is 28.1 Å². The second-order valence-electron chi connectivity index (χ2n) is 6.28. The highest BCUT2D eigenvalue weighted by Gasteiger charge is 2.51. The van der Waals surface area contributed by atoms with Crippen LogP contribution in [0.2, 0.25) is 0 Å². The fourth-order valence-electron chi connectivity index (χ4n) is 2.88. The van der Waals surface area contributed by atoms with Gasteiger partial charge in [0.05, 0.1) is 18.6 Å². The van der Waals surface area contributed by atoms with Gasteiger partial charge in [-0.15, -0.1) is 0 Å². The Hall–Kier alpha value is -2.34. The minimum absolute atomic E-state index is 0.0513. The smallest absolute Gasteiger partial charge is 0.243 e. The van der Waals surface area contributed by atoms with E-state index in [-0.39, 0.29) is 18.4 Å². The molecule has 2 N–H and O–H groups in total. The number of hydrogen-bond donors (Lipinski definition) is 2. The number of ether oxygens (including phenoxy) is 1. The number of hydrogen-bond acceptors (Lipinski definition) is 3. The Bertz CT molecular complexity index is 784. The number of anilines is 1. The summed E-state index contributed by atoms with van der Waals surface area (Å²) in [5.74, 6) is 0.403. The van der Waals surface area contributed by atoms with Crippen molar-refractivity contribution in [3.05, 3.63) is 58.6 Å². The molecular formula is C20H21BrN2O3. The van der Waals surface area contributed by atoms with E-state index in [0.29, 0.717) is 12.3 Å². The standard InChI is InChI=1S/C20H21BrN2O3/c1-2-26-17-9-7-16(8-10-17)23-18(24)13-22-19(25)20(11-12-20)14-3-5-15(21)6-4-14/h3-10H,2,11-13H2,1H3,(H,22,25)(H,23,24). The van der Waals surface area contributed by atoms with Crippen LogP contribution in [0.15, 0.2) is 53.0 Å². The quantitative estimate of drug-likeness (QED) is 0.723. The van der Waals surface area contributed by atoms with Crippen molar-refractivity contribution in [2.75, 3.05) is 18.5 Å². The van der Waals surface area contributed by atoms with Gasteiger partial charge >= 0.3 is 0 Å². The van der Waals surface area contributed by atoms with Gasteiger partial charge in [0.25, 0.3) is 0 Å². The second kappa shape index (κ2) is 7.91. The number of nitrogens with one attached hydrogen (secondary N) is 2. The molecule has 2 amide bonds. The maximum absolute atomic E-state index is 12.6. The molecule has 2 aromatic rings. The molecule has 3 rings (SSSR count). The van der Waals surface area contributed by atoms with E-state index in [9.17, 15) is 9.59 Å². The van der Waals surface area contributed by atoms with Crippen LogP contribution < -0.4 is 15.4 Å². The summed E-state index contributed by atoms with van der Waals surface area (Å²) in [6, 6.07) is 14.9. The zero-order valence-corrected chi connectivity index (χ0v) is 16.1. The Morgan fingerprint density at radius 2 is 1.73 bits per heavy atom. The van der Waals surface area contributed by atoms with Gasteiger partial charge in [-0.2, -0.15) is 0 Å². The molecule has 0 aromatic heterocycles. The van der Waals surface area contributed by atoms with Crippen LogP contribution >= 0.6 is 15.9 Å². The summed E-state index contributed by atoms with van der Waals surface area (Å²) in [5, 5.41) is 5.53. The fourth-order valence-corrected chi connectivity index (χ4v) is 3.14. The minimum Gasteiger partial charge on any atom is -0.494 e. The van der Waals surface area contributed by atoms with Gasteiger partial charge in [0.1, 0.15) is 5.75 Å². The molecule has 136 valence electrons. The Morgan fingerprint density at radius 3 is 2.31 bits per heavy atom. The minimum atomic E-state index is -0.486. The van der Waals surface area contributed by atoms with Gasteiger partial charge in [-0.25, -0.2) is 0 Å². The Labute approximate surface area is 161 Å². The van der Waals surface area contributed by atoms with Crippen LogP contribution in [0.25, 0.3) is 0 Å². The van der Waals surface area contributed by atoms with Gasteiger partial charge in [0.2, 0.25) is 11.8 Å². The largest absolute Gasteiger partial charge is 0.494 e. The van der Waals surface area contributed by atoms with Crippen molar-refractivity contribution in [1.82, 2.24) is 5.32 Å². The monoisotopic (exact) mass is 416 g/mol. The van der Waals surface area contributed by atoms with Crippen molar-refractivity contribution in [3.8, 4) is 5.75 Å². The van der Waals surface area contributed by atoms with Crippen LogP contribution in [0, 0.1) is 0 Å². The first-order valence-corrected chi connectivity index (χ1v) is 9.40. The topological polar surface area (TPSA) is 67.4 Å². The van der Waals surface area contributed by atoms with Crippen LogP contribution in [0.4, 0.5) is 5.69 Å². The van der Waals surface area contributed by atoms with Crippen LogP contribution in [0.3, 0.4) is 0 Å². The molecule has 0 spiro atoms. The summed E-state index contributed by atoms with van der Waals surface area (Å²) < 4.78 is 6.34. The number of carbonyl (C=O) groups is 2. The molecule has 1 fully saturated rings. The summed E-state index contributed by atoms with van der Waals surface area (Å²) in [6.45, 7) is 2.46. The molecule has 26 heavy (non-hydrogen) atoms. The molecule has 0 unspecified atom stereocenters. The third kappa shape index (κ3) is 4.25. The number of halogens is 1. The lowest BCUT2D eigenvalue weighted by atomic mass is 9.95. The summed E-state index contributed by atoms with van der Waals surface area (Å²) in [7, 11) is 0. The number of carbonyl (C=O) groups excluding carboxylic acids is 2. The molecule has 0 atom stereocenters. The molecule has 0 saturated heterocycles. The van der Waals surface area contributed by atoms with Crippen LogP contribution in [0.5, 0.6) is 5.75 Å². The third-order valence-corrected chi connectivity index (χ3v) is 4.97. The van der Waals surface area contributed by atoms with E-state index in [1.165, 1.54) is 0 Å². The fraction of sp³-hybridized carbons (Fsp3) is 0.300. The van der Waals surface area contributed by atoms with Gasteiger partial charge in [0.15, 0.2) is 0 Å². The normalized spacial score (nSPS) is 14.4. The van der Waals surface area contributed by atoms with Gasteiger partial charge < -0.3 is 15.4 Å². The van der Waals surface area contributed by atoms with E-state index < -0.39 is 5.41 Å². The molecule has 2 aromatic carbocycles. The molecule has 0 heterocycles. The average Bonchev–Trinajstić information content (AvgIpc) is 3.44. The van der Waals surface area contributed by atoms with E-state index in [4.69, 9.17) is 4.74 Å². The third-order valence-electron chi connectivity index (χ3n) is 4.44. The molecule has 1 aliphatic carbocycles. The Morgan fingerprint density at radius 1 is 1.08 bits per heavy atom. The SMILES string of the molecule is CCOc1ccc(NC(=O)CNC(=O)C2(c3ccc(Br)cc3)CC2)cc1. The lowest BCUT2D eigenvalue weighted by Gasteiger charge is -2.16. The van der Waals surface area contributed by atoms with E-state index in [1.807, 2.05) is 31.2 Å². The highest BCUT2D eigenvalue weighted by atomic mass is 79.9. The number of amides is 2. The van der Waals surface area contributed by atoms with Crippen molar-refractivity contribution in [1.29, 1.82) is 0 Å². The van der Waals surface area contributed by atoms with E-state index in [0.717, 1.165) is 28.6 Å². The molecule has 0 aliphatic heterocycles. The molecule has 6 heteroatoms. The van der Waals surface area contributed by atoms with E-state index in [2.05, 4.69) is 26.6 Å². The molecule has 1 aliphatic rings. The second-order valence-corrected chi connectivity index (χ2v) is 7.19. The highest BCUT2D eigenvalue weighted by molar-refractivity contribution is 9.10. The van der Waals surface area contributed by atoms with Gasteiger partial charge in [-0.3, -0.25) is 9.59 Å². The summed E-state index contributed by atoms with van der Waals surface area (Å²) >= 11 is 3.40. The van der Waals surface area contributed by atoms with Crippen LogP contribution in [-0.2, 0) is 15.0 Å². The lowest BCUT2D eigenvalue weighted by molar-refractivity contribution is -0.126. The molecule has 5 nitrogen and oxygen atoms in total. The van der Waals surface area contributed by atoms with E-state index >= 15 is 0 Å². The average molecular weight is 417 g/mol. The van der Waals surface area contributed by atoms with Crippen LogP contribution in [0.1, 0.15) is 25.3 Å². The molecular weight excluding hydrogens is 396 g/mol. The van der Waals surface area contributed by atoms with Gasteiger partial charge in [0, 0.05) is 10.2 Å². The first-order chi connectivity index (χ1) is 12.5. The predicted molar refractivity (Wildman–Crippen MR) is 104 cm³/mol. The zero-order chi connectivity index (χ0) is 18.6. The predicted octanol–water partition coefficient (Wildman–Crippen LogP) is 3.63. The summed E-state index contributed by atoms with van der Waals surface area (Å²) in [6.07, 6.45) is 1.61. The summed E-state index contributed by atoms with van der Waals surface area (Å²) in [4.78, 5) is 24.7. The highest BCUT2D eigenvalue weighted by Crippen LogP contribution is 2.48. The van der Waals surface area contributed by atoms with Crippen molar-refractivity contribution in [2.45, 2.75) is 25.2 Å². The van der Waals surface area contributed by atoms with E-state index in [1.54, 1.807) is 24.3 Å². The molecule has 0 bridgehead atoms. The Kier molecular flexibility index (Phi) is 5.61. The number of benzene rings is 2. The maximum Gasteiger partial charge on any atom is 0.243 e. The van der Waals surface area contributed by atoms with Crippen molar-refractivity contribution >= 4 is 33.4 Å². The van der Waals surface area contributed by atoms with Gasteiger partial charge in [-0.05, 0) is 61.7 Å². The lowest BCUT2D eigenvalue weighted by Crippen LogP contribution is -2.39. The Balaban J connectivity index is 1.52. The first kappa shape index (κ1) is 18.5. The molecule has 1 saturated carbocycles.